The quantitative estimate of drug-likeness (QED) is 0.645. The van der Waals surface area contributed by atoms with Crippen LogP contribution in [0.4, 0.5) is 4.79 Å². The predicted molar refractivity (Wildman–Crippen MR) is 59.7 cm³/mol. The maximum Gasteiger partial charge on any atom is 0.323 e. The van der Waals surface area contributed by atoms with Crippen molar-refractivity contribution in [3.8, 4) is 0 Å². The Morgan fingerprint density at radius 2 is 1.47 bits per heavy atom. The van der Waals surface area contributed by atoms with Gasteiger partial charge in [-0.2, -0.15) is 0 Å². The topological polar surface area (TPSA) is 98.2 Å². The second kappa shape index (κ2) is 6.51. The number of carbonyl (C=O) groups is 3. The zero-order chi connectivity index (χ0) is 13.6. The van der Waals surface area contributed by atoms with E-state index < -0.39 is 31.1 Å². The number of hydrogen-bond donors (Lipinski definition) is 2. The van der Waals surface area contributed by atoms with Crippen molar-refractivity contribution in [1.82, 2.24) is 9.80 Å². The molecule has 0 radical (unpaired) electrons. The largest absolute Gasteiger partial charge is 0.480 e. The fraction of sp³-hybridized carbons (Fsp3) is 0.500. The van der Waals surface area contributed by atoms with Gasteiger partial charge in [0.15, 0.2) is 0 Å². The highest BCUT2D eigenvalue weighted by molar-refractivity contribution is 5.84. The Labute approximate surface area is 98.9 Å². The first-order valence-electron chi connectivity index (χ1n) is 4.82. The van der Waals surface area contributed by atoms with Crippen LogP contribution in [-0.2, 0) is 9.59 Å². The Morgan fingerprint density at radius 1 is 1.06 bits per heavy atom. The highest BCUT2D eigenvalue weighted by atomic mass is 16.4. The molecule has 0 saturated heterocycles. The van der Waals surface area contributed by atoms with E-state index in [2.05, 4.69) is 6.58 Å². The highest BCUT2D eigenvalue weighted by Gasteiger charge is 2.22. The van der Waals surface area contributed by atoms with Crippen LogP contribution in [0, 0.1) is 0 Å². The minimum Gasteiger partial charge on any atom is -0.480 e. The van der Waals surface area contributed by atoms with Gasteiger partial charge in [-0.15, -0.1) is 0 Å². The summed E-state index contributed by atoms with van der Waals surface area (Å²) < 4.78 is 0. The smallest absolute Gasteiger partial charge is 0.323 e. The first kappa shape index (κ1) is 14.9. The van der Waals surface area contributed by atoms with Crippen LogP contribution in [0.25, 0.3) is 0 Å². The molecule has 7 heteroatoms. The Bertz CT molecular complexity index is 324. The summed E-state index contributed by atoms with van der Waals surface area (Å²) in [6.45, 7) is 4.27. The molecule has 17 heavy (non-hydrogen) atoms. The van der Waals surface area contributed by atoms with Crippen LogP contribution in [0.3, 0.4) is 0 Å². The second-order valence-corrected chi connectivity index (χ2v) is 3.74. The Morgan fingerprint density at radius 3 is 1.76 bits per heavy atom. The molecule has 0 unspecified atom stereocenters. The van der Waals surface area contributed by atoms with Crippen molar-refractivity contribution in [2.75, 3.05) is 26.7 Å². The van der Waals surface area contributed by atoms with Crippen LogP contribution in [0.15, 0.2) is 12.2 Å². The van der Waals surface area contributed by atoms with Gasteiger partial charge in [0.1, 0.15) is 13.1 Å². The number of urea groups is 1. The molecule has 0 aromatic heterocycles. The summed E-state index contributed by atoms with van der Waals surface area (Å²) >= 11 is 0. The van der Waals surface area contributed by atoms with Crippen LogP contribution in [0.1, 0.15) is 6.92 Å². The molecule has 0 fully saturated rings. The average molecular weight is 244 g/mol. The molecule has 0 aromatic rings. The molecule has 0 saturated carbocycles. The number of nitrogens with zero attached hydrogens (tertiary/aromatic N) is 2. The lowest BCUT2D eigenvalue weighted by Gasteiger charge is -2.25. The number of carbonyl (C=O) groups excluding carboxylic acids is 1. The van der Waals surface area contributed by atoms with E-state index in [0.717, 1.165) is 4.90 Å². The first-order valence-corrected chi connectivity index (χ1v) is 4.82. The van der Waals surface area contributed by atoms with Crippen molar-refractivity contribution in [1.29, 1.82) is 0 Å². The third-order valence-corrected chi connectivity index (χ3v) is 1.76. The van der Waals surface area contributed by atoms with Gasteiger partial charge < -0.3 is 20.0 Å². The molecule has 0 aliphatic rings. The summed E-state index contributed by atoms with van der Waals surface area (Å²) in [7, 11) is 1.45. The summed E-state index contributed by atoms with van der Waals surface area (Å²) in [5, 5.41) is 17.2. The maximum absolute atomic E-state index is 11.7. The number of carboxylic acids is 2. The summed E-state index contributed by atoms with van der Waals surface area (Å²) in [5.74, 6) is -2.52. The van der Waals surface area contributed by atoms with Gasteiger partial charge in [0.2, 0.25) is 0 Å². The van der Waals surface area contributed by atoms with E-state index in [4.69, 9.17) is 10.2 Å². The molecule has 2 N–H and O–H groups in total. The Kier molecular flexibility index (Phi) is 5.73. The molecule has 0 heterocycles. The van der Waals surface area contributed by atoms with E-state index in [1.165, 1.54) is 11.9 Å². The number of hydrogen-bond acceptors (Lipinski definition) is 3. The maximum atomic E-state index is 11.7. The molecular weight excluding hydrogens is 228 g/mol. The van der Waals surface area contributed by atoms with Crippen molar-refractivity contribution in [2.24, 2.45) is 0 Å². The van der Waals surface area contributed by atoms with Gasteiger partial charge in [-0.25, -0.2) is 4.79 Å². The van der Waals surface area contributed by atoms with Crippen molar-refractivity contribution >= 4 is 18.0 Å². The molecule has 2 amide bonds. The van der Waals surface area contributed by atoms with Gasteiger partial charge in [-0.3, -0.25) is 9.59 Å². The number of amides is 2. The standard InChI is InChI=1S/C10H16N2O5/c1-7(2)4-11(3)10(17)12(5-8(13)14)6-9(15)16/h1,4-6H2,2-3H3,(H,13,14)(H,15,16). The lowest BCUT2D eigenvalue weighted by atomic mass is 10.3. The molecule has 0 bridgehead atoms. The van der Waals surface area contributed by atoms with Crippen LogP contribution < -0.4 is 0 Å². The van der Waals surface area contributed by atoms with Gasteiger partial charge in [-0.05, 0) is 6.92 Å². The van der Waals surface area contributed by atoms with Crippen molar-refractivity contribution < 1.29 is 24.6 Å². The molecular formula is C10H16N2O5. The first-order chi connectivity index (χ1) is 7.73. The van der Waals surface area contributed by atoms with Crippen LogP contribution >= 0.6 is 0 Å². The number of aliphatic carboxylic acids is 2. The summed E-state index contributed by atoms with van der Waals surface area (Å²) in [6, 6.07) is -0.655. The number of likely N-dealkylation sites (N-methyl/N-ethyl adjacent to an activating group) is 1. The van der Waals surface area contributed by atoms with Crippen LogP contribution in [0.5, 0.6) is 0 Å². The van der Waals surface area contributed by atoms with E-state index in [-0.39, 0.29) is 6.54 Å². The molecule has 0 atom stereocenters. The van der Waals surface area contributed by atoms with Crippen molar-refractivity contribution in [3.05, 3.63) is 12.2 Å². The monoisotopic (exact) mass is 244 g/mol. The Balaban J connectivity index is 4.66. The third-order valence-electron chi connectivity index (χ3n) is 1.76. The molecule has 0 aromatic carbocycles. The van der Waals surface area contributed by atoms with Crippen molar-refractivity contribution in [3.63, 3.8) is 0 Å². The highest BCUT2D eigenvalue weighted by Crippen LogP contribution is 2.00. The van der Waals surface area contributed by atoms with E-state index in [0.29, 0.717) is 5.57 Å². The van der Waals surface area contributed by atoms with Gasteiger partial charge in [0.25, 0.3) is 0 Å². The lowest BCUT2D eigenvalue weighted by molar-refractivity contribution is -0.140. The fourth-order valence-corrected chi connectivity index (χ4v) is 1.23. The fourth-order valence-electron chi connectivity index (χ4n) is 1.23. The van der Waals surface area contributed by atoms with Crippen molar-refractivity contribution in [2.45, 2.75) is 6.92 Å². The molecule has 96 valence electrons. The molecule has 0 aliphatic heterocycles. The summed E-state index contributed by atoms with van der Waals surface area (Å²) in [5.41, 5.74) is 0.714. The molecule has 7 nitrogen and oxygen atoms in total. The summed E-state index contributed by atoms with van der Waals surface area (Å²) in [6.07, 6.45) is 0. The zero-order valence-corrected chi connectivity index (χ0v) is 9.84. The lowest BCUT2D eigenvalue weighted by Crippen LogP contribution is -2.46. The van der Waals surface area contributed by atoms with Crippen LogP contribution in [0.2, 0.25) is 0 Å². The number of rotatable bonds is 6. The molecule has 0 spiro atoms. The Hall–Kier alpha value is -2.05. The van der Waals surface area contributed by atoms with E-state index in [1.54, 1.807) is 6.92 Å². The summed E-state index contributed by atoms with van der Waals surface area (Å²) in [4.78, 5) is 34.7. The SMILES string of the molecule is C=C(C)CN(C)C(=O)N(CC(=O)O)CC(=O)O. The van der Waals surface area contributed by atoms with Gasteiger partial charge in [-0.1, -0.05) is 12.2 Å². The van der Waals surface area contributed by atoms with E-state index >= 15 is 0 Å². The van der Waals surface area contributed by atoms with Gasteiger partial charge in [0.05, 0.1) is 0 Å². The van der Waals surface area contributed by atoms with E-state index in [9.17, 15) is 14.4 Å². The minimum atomic E-state index is -1.26. The second-order valence-electron chi connectivity index (χ2n) is 3.74. The molecule has 0 rings (SSSR count). The zero-order valence-electron chi connectivity index (χ0n) is 9.84. The van der Waals surface area contributed by atoms with Gasteiger partial charge in [0, 0.05) is 13.6 Å². The normalized spacial score (nSPS) is 9.53. The van der Waals surface area contributed by atoms with E-state index in [1.807, 2.05) is 0 Å². The average Bonchev–Trinajstić information content (AvgIpc) is 2.12. The molecule has 0 aliphatic carbocycles. The minimum absolute atomic E-state index is 0.245. The number of carboxylic acid groups (broad SMARTS) is 2. The van der Waals surface area contributed by atoms with Gasteiger partial charge >= 0.3 is 18.0 Å². The van der Waals surface area contributed by atoms with Crippen LogP contribution in [-0.4, -0.2) is 64.7 Å². The predicted octanol–water partition coefficient (Wildman–Crippen LogP) is 0.0855. The third kappa shape index (κ3) is 6.18.